The van der Waals surface area contributed by atoms with E-state index < -0.39 is 0 Å². The Balaban J connectivity index is 1.74. The zero-order valence-corrected chi connectivity index (χ0v) is 23.8. The van der Waals surface area contributed by atoms with Crippen LogP contribution in [0.5, 0.6) is 11.5 Å². The minimum Gasteiger partial charge on any atom is -0.497 e. The Morgan fingerprint density at radius 1 is 0.895 bits per heavy atom. The molecule has 196 valence electrons. The van der Waals surface area contributed by atoms with Crippen molar-refractivity contribution >= 4 is 23.0 Å². The molecule has 7 heteroatoms. The molecular weight excluding hydrogens is 492 g/mol. The standard InChI is InChI=1S/C31H34N4O2S/c1-18-14-19(2)29(20(3)15-18)34-21(4)16-24(22(34)5)30-28(25-10-8-9-13-32-25)33-31(38)35(30)26-17-23(36-6)11-12-27(26)37-7/h8-17,28,30H,1-7H3,(H,33,38)/t28-,30+/m0/s1. The summed E-state index contributed by atoms with van der Waals surface area (Å²) in [6.45, 7) is 10.9. The Hall–Kier alpha value is -3.84. The van der Waals surface area contributed by atoms with Crippen LogP contribution < -0.4 is 19.7 Å². The summed E-state index contributed by atoms with van der Waals surface area (Å²) in [5.74, 6) is 1.46. The van der Waals surface area contributed by atoms with E-state index in [-0.39, 0.29) is 12.1 Å². The third-order valence-corrected chi connectivity index (χ3v) is 7.71. The predicted octanol–water partition coefficient (Wildman–Crippen LogP) is 6.61. The van der Waals surface area contributed by atoms with Gasteiger partial charge in [-0.15, -0.1) is 0 Å². The summed E-state index contributed by atoms with van der Waals surface area (Å²) >= 11 is 5.98. The van der Waals surface area contributed by atoms with E-state index in [0.29, 0.717) is 5.11 Å². The molecule has 1 N–H and O–H groups in total. The lowest BCUT2D eigenvalue weighted by atomic mass is 9.96. The second-order valence-electron chi connectivity index (χ2n) is 9.94. The first-order valence-corrected chi connectivity index (χ1v) is 13.2. The van der Waals surface area contributed by atoms with E-state index in [1.165, 1.54) is 39.3 Å². The SMILES string of the molecule is COc1ccc(OC)c(N2C(=S)N[C@@H](c3ccccn3)[C@H]2c2cc(C)n(-c3c(C)cc(C)cc3C)c2C)c1. The molecule has 1 aliphatic heterocycles. The van der Waals surface area contributed by atoms with Crippen molar-refractivity contribution in [2.45, 2.75) is 46.7 Å². The molecule has 2 aromatic carbocycles. The van der Waals surface area contributed by atoms with Gasteiger partial charge in [-0.2, -0.15) is 0 Å². The van der Waals surface area contributed by atoms with Gasteiger partial charge in [-0.25, -0.2) is 0 Å². The van der Waals surface area contributed by atoms with Crippen molar-refractivity contribution in [2.24, 2.45) is 0 Å². The van der Waals surface area contributed by atoms with Gasteiger partial charge in [-0.1, -0.05) is 23.8 Å². The maximum absolute atomic E-state index is 5.98. The summed E-state index contributed by atoms with van der Waals surface area (Å²) in [6.07, 6.45) is 1.83. The Bertz CT molecular complexity index is 1490. The Labute approximate surface area is 230 Å². The summed E-state index contributed by atoms with van der Waals surface area (Å²) in [4.78, 5) is 6.87. The number of aryl methyl sites for hydroxylation is 4. The van der Waals surface area contributed by atoms with Crippen LogP contribution in [0, 0.1) is 34.6 Å². The Morgan fingerprint density at radius 3 is 2.26 bits per heavy atom. The highest BCUT2D eigenvalue weighted by Crippen LogP contribution is 2.47. The summed E-state index contributed by atoms with van der Waals surface area (Å²) in [5, 5.41) is 4.19. The molecule has 4 aromatic rings. The summed E-state index contributed by atoms with van der Waals surface area (Å²) in [6, 6.07) is 18.3. The minimum atomic E-state index is -0.163. The van der Waals surface area contributed by atoms with E-state index in [1.54, 1.807) is 14.2 Å². The highest BCUT2D eigenvalue weighted by Gasteiger charge is 2.43. The molecule has 0 saturated carbocycles. The van der Waals surface area contributed by atoms with Crippen LogP contribution in [0.3, 0.4) is 0 Å². The molecule has 1 fully saturated rings. The Kier molecular flexibility index (Phi) is 6.88. The number of nitrogens with zero attached hydrogens (tertiary/aromatic N) is 3. The van der Waals surface area contributed by atoms with E-state index in [1.807, 2.05) is 42.6 Å². The van der Waals surface area contributed by atoms with Crippen LogP contribution in [-0.4, -0.2) is 28.9 Å². The van der Waals surface area contributed by atoms with Gasteiger partial charge in [0, 0.05) is 23.7 Å². The third kappa shape index (κ3) is 4.31. The van der Waals surface area contributed by atoms with Gasteiger partial charge in [0.05, 0.1) is 43.4 Å². The van der Waals surface area contributed by atoms with Crippen molar-refractivity contribution in [1.29, 1.82) is 0 Å². The van der Waals surface area contributed by atoms with Crippen LogP contribution in [-0.2, 0) is 0 Å². The highest BCUT2D eigenvalue weighted by atomic mass is 32.1. The molecule has 0 radical (unpaired) electrons. The third-order valence-electron chi connectivity index (χ3n) is 7.39. The number of aromatic nitrogens is 2. The second kappa shape index (κ2) is 10.1. The van der Waals surface area contributed by atoms with Crippen molar-refractivity contribution < 1.29 is 9.47 Å². The van der Waals surface area contributed by atoms with E-state index in [4.69, 9.17) is 26.7 Å². The lowest BCUT2D eigenvalue weighted by molar-refractivity contribution is 0.403. The topological polar surface area (TPSA) is 51.6 Å². The van der Waals surface area contributed by atoms with Gasteiger partial charge in [0.25, 0.3) is 0 Å². The quantitative estimate of drug-likeness (QED) is 0.285. The largest absolute Gasteiger partial charge is 0.497 e. The molecule has 2 aromatic heterocycles. The summed E-state index contributed by atoms with van der Waals surface area (Å²) < 4.78 is 13.7. The molecule has 1 saturated heterocycles. The maximum atomic E-state index is 5.98. The summed E-state index contributed by atoms with van der Waals surface area (Å²) in [7, 11) is 3.35. The van der Waals surface area contributed by atoms with E-state index >= 15 is 0 Å². The molecule has 2 atom stereocenters. The first-order chi connectivity index (χ1) is 18.2. The average molecular weight is 527 g/mol. The first-order valence-electron chi connectivity index (χ1n) is 12.7. The van der Waals surface area contributed by atoms with Gasteiger partial charge >= 0.3 is 0 Å². The molecule has 0 bridgehead atoms. The number of hydrogen-bond donors (Lipinski definition) is 1. The molecule has 1 aliphatic rings. The fourth-order valence-corrected chi connectivity index (χ4v) is 6.21. The minimum absolute atomic E-state index is 0.159. The number of benzene rings is 2. The van der Waals surface area contributed by atoms with Crippen LogP contribution >= 0.6 is 12.2 Å². The predicted molar refractivity (Wildman–Crippen MR) is 157 cm³/mol. The van der Waals surface area contributed by atoms with E-state index in [9.17, 15) is 0 Å². The summed E-state index contributed by atoms with van der Waals surface area (Å²) in [5.41, 5.74) is 10.3. The van der Waals surface area contributed by atoms with Gasteiger partial charge in [0.15, 0.2) is 5.11 Å². The molecule has 6 nitrogen and oxygen atoms in total. The fraction of sp³-hybridized carbons (Fsp3) is 0.290. The number of ether oxygens (including phenoxy) is 2. The number of rotatable bonds is 6. The van der Waals surface area contributed by atoms with Gasteiger partial charge in [-0.3, -0.25) is 4.98 Å². The second-order valence-corrected chi connectivity index (χ2v) is 10.3. The number of hydrogen-bond acceptors (Lipinski definition) is 4. The fourth-order valence-electron chi connectivity index (χ4n) is 5.87. The molecular formula is C31H34N4O2S. The molecule has 5 rings (SSSR count). The number of anilines is 1. The zero-order valence-electron chi connectivity index (χ0n) is 23.0. The molecule has 3 heterocycles. The van der Waals surface area contributed by atoms with Crippen molar-refractivity contribution in [2.75, 3.05) is 19.1 Å². The molecule has 38 heavy (non-hydrogen) atoms. The number of pyridine rings is 1. The molecule has 0 unspecified atom stereocenters. The maximum Gasteiger partial charge on any atom is 0.174 e. The van der Waals surface area contributed by atoms with Crippen molar-refractivity contribution in [1.82, 2.24) is 14.9 Å². The molecule has 0 aliphatic carbocycles. The number of nitrogens with one attached hydrogen (secondary N) is 1. The van der Waals surface area contributed by atoms with Crippen molar-refractivity contribution in [3.8, 4) is 17.2 Å². The van der Waals surface area contributed by atoms with Gasteiger partial charge in [-0.05, 0) is 93.9 Å². The average Bonchev–Trinajstić information content (AvgIpc) is 3.39. The molecule has 0 amide bonds. The Morgan fingerprint density at radius 2 is 1.63 bits per heavy atom. The van der Waals surface area contributed by atoms with Gasteiger partial charge in [0.1, 0.15) is 11.5 Å². The van der Waals surface area contributed by atoms with Crippen molar-refractivity contribution in [3.63, 3.8) is 0 Å². The van der Waals surface area contributed by atoms with Crippen molar-refractivity contribution in [3.05, 3.63) is 100 Å². The highest BCUT2D eigenvalue weighted by molar-refractivity contribution is 7.80. The van der Waals surface area contributed by atoms with Crippen LogP contribution in [0.2, 0.25) is 0 Å². The smallest absolute Gasteiger partial charge is 0.174 e. The number of methoxy groups -OCH3 is 2. The van der Waals surface area contributed by atoms with Crippen LogP contribution in [0.1, 0.15) is 51.4 Å². The molecule has 0 spiro atoms. The lowest BCUT2D eigenvalue weighted by Gasteiger charge is -2.29. The van der Waals surface area contributed by atoms with Crippen LogP contribution in [0.4, 0.5) is 5.69 Å². The van der Waals surface area contributed by atoms with Gasteiger partial charge in [0.2, 0.25) is 0 Å². The zero-order chi connectivity index (χ0) is 27.1. The van der Waals surface area contributed by atoms with Crippen LogP contribution in [0.15, 0.2) is 60.8 Å². The van der Waals surface area contributed by atoms with Crippen LogP contribution in [0.25, 0.3) is 5.69 Å². The van der Waals surface area contributed by atoms with E-state index in [2.05, 4.69) is 67.6 Å². The van der Waals surface area contributed by atoms with Gasteiger partial charge < -0.3 is 24.3 Å². The van der Waals surface area contributed by atoms with E-state index in [0.717, 1.165) is 22.9 Å². The first kappa shape index (κ1) is 25.8. The number of thiocarbonyl (C=S) groups is 1. The lowest BCUT2D eigenvalue weighted by Crippen LogP contribution is -2.30. The monoisotopic (exact) mass is 526 g/mol. The normalized spacial score (nSPS) is 17.0.